The van der Waals surface area contributed by atoms with Gasteiger partial charge in [0.2, 0.25) is 0 Å². The Bertz CT molecular complexity index is 3700. The van der Waals surface area contributed by atoms with Crippen LogP contribution in [0.1, 0.15) is 98.5 Å². The van der Waals surface area contributed by atoms with E-state index in [4.69, 9.17) is 18.9 Å². The number of hydrogen-bond donors (Lipinski definition) is 0. The number of benzene rings is 9. The van der Waals surface area contributed by atoms with Gasteiger partial charge in [-0.25, -0.2) is 9.59 Å². The monoisotopic (exact) mass is 1060 g/mol. The fourth-order valence-corrected chi connectivity index (χ4v) is 11.3. The average Bonchev–Trinajstić information content (AvgIpc) is 3.62. The van der Waals surface area contributed by atoms with Crippen LogP contribution in [-0.2, 0) is 25.4 Å². The zero-order chi connectivity index (χ0) is 55.6. The molecule has 0 aromatic heterocycles. The van der Waals surface area contributed by atoms with Crippen LogP contribution in [0.4, 0.5) is 38.0 Å². The van der Waals surface area contributed by atoms with Crippen molar-refractivity contribution in [1.82, 2.24) is 0 Å². The van der Waals surface area contributed by atoms with E-state index in [1.807, 2.05) is 27.7 Å². The summed E-state index contributed by atoms with van der Waals surface area (Å²) in [7, 11) is 0. The summed E-state index contributed by atoms with van der Waals surface area (Å²) < 4.78 is 22.5. The maximum absolute atomic E-state index is 12.7. The largest absolute Gasteiger partial charge is 0.508 e. The number of rotatable bonds is 21. The molecule has 0 aliphatic heterocycles. The van der Waals surface area contributed by atoms with Crippen LogP contribution < -0.4 is 9.80 Å². The molecule has 0 saturated carbocycles. The topological polar surface area (TPSA) is 77.5 Å². The van der Waals surface area contributed by atoms with Crippen molar-refractivity contribution in [3.63, 3.8) is 0 Å². The van der Waals surface area contributed by atoms with Gasteiger partial charge in [0.05, 0.1) is 30.6 Å². The van der Waals surface area contributed by atoms with Crippen LogP contribution in [0.15, 0.2) is 206 Å². The molecule has 1 atom stereocenters. The zero-order valence-electron chi connectivity index (χ0n) is 47.3. The number of carbonyl (C=O) groups excluding carboxylic acids is 2. The van der Waals surface area contributed by atoms with Crippen molar-refractivity contribution in [3.8, 4) is 11.1 Å². The first kappa shape index (κ1) is 55.0. The van der Waals surface area contributed by atoms with Crippen LogP contribution in [-0.4, -0.2) is 42.8 Å². The molecule has 0 spiro atoms. The van der Waals surface area contributed by atoms with E-state index >= 15 is 0 Å². The quantitative estimate of drug-likeness (QED) is 0.0659. The molecular formula is C72H74N2O6. The van der Waals surface area contributed by atoms with Crippen molar-refractivity contribution in [3.05, 3.63) is 211 Å². The van der Waals surface area contributed by atoms with E-state index in [0.29, 0.717) is 12.8 Å². The Morgan fingerprint density at radius 3 is 1.49 bits per heavy atom. The lowest BCUT2D eigenvalue weighted by atomic mass is 9.91. The van der Waals surface area contributed by atoms with Gasteiger partial charge in [-0.3, -0.25) is 0 Å². The molecule has 80 heavy (non-hydrogen) atoms. The summed E-state index contributed by atoms with van der Waals surface area (Å²) in [6, 6.07) is 65.6. The van der Waals surface area contributed by atoms with Crippen molar-refractivity contribution >= 4 is 83.8 Å². The molecule has 0 radical (unpaired) electrons. The average molecular weight is 1060 g/mol. The molecule has 9 aromatic rings. The Morgan fingerprint density at radius 1 is 0.487 bits per heavy atom. The summed E-state index contributed by atoms with van der Waals surface area (Å²) in [6.45, 7) is 12.5. The molecule has 1 aliphatic carbocycles. The smallest absolute Gasteiger partial charge is 0.434 e. The fourth-order valence-electron chi connectivity index (χ4n) is 11.3. The Kier molecular flexibility index (Phi) is 17.0. The third-order valence-corrected chi connectivity index (χ3v) is 15.5. The van der Waals surface area contributed by atoms with Gasteiger partial charge in [-0.05, 0) is 140 Å². The number of hydrogen-bond acceptors (Lipinski definition) is 8. The normalized spacial score (nSPS) is 13.6. The number of anilines is 5. The maximum Gasteiger partial charge on any atom is 0.508 e. The molecule has 408 valence electrons. The number of unbranched alkanes of at least 4 members (excludes halogenated alkanes) is 2. The molecule has 0 N–H and O–H groups in total. The maximum atomic E-state index is 12.7. The molecule has 8 nitrogen and oxygen atoms in total. The lowest BCUT2D eigenvalue weighted by Crippen LogP contribution is -2.30. The predicted octanol–water partition coefficient (Wildman–Crippen LogP) is 20.0. The van der Waals surface area contributed by atoms with Crippen LogP contribution in [0.5, 0.6) is 0 Å². The van der Waals surface area contributed by atoms with Crippen LogP contribution in [0.25, 0.3) is 54.2 Å². The van der Waals surface area contributed by atoms with Crippen molar-refractivity contribution in [1.29, 1.82) is 0 Å². The fraction of sp³-hybridized carbons (Fsp3) is 0.278. The first-order valence-corrected chi connectivity index (χ1v) is 28.7. The van der Waals surface area contributed by atoms with Crippen LogP contribution in [0.2, 0.25) is 0 Å². The highest BCUT2D eigenvalue weighted by Crippen LogP contribution is 2.47. The number of carbonyl (C=O) groups is 2. The van der Waals surface area contributed by atoms with Gasteiger partial charge < -0.3 is 28.7 Å². The van der Waals surface area contributed by atoms with Crippen LogP contribution >= 0.6 is 0 Å². The van der Waals surface area contributed by atoms with E-state index in [1.54, 1.807) is 0 Å². The van der Waals surface area contributed by atoms with E-state index in [-0.39, 0.29) is 19.3 Å². The van der Waals surface area contributed by atoms with E-state index in [9.17, 15) is 9.59 Å². The summed E-state index contributed by atoms with van der Waals surface area (Å²) in [5.41, 5.74) is 8.75. The number of nitrogens with zero attached hydrogens (tertiary/aromatic N) is 2. The third kappa shape index (κ3) is 12.6. The molecule has 0 saturated heterocycles. The molecular weight excluding hydrogens is 989 g/mol. The standard InChI is InChI=1S/C72H74N2O6/c1-7-9-47-71(3,4)79-69(75)77-49-45-51-33-37-55(38-34-51)73(65-31-19-23-53-21-11-13-25-57(53)65)67-43-41-61(59-27-15-17-29-63(59)67)62-42-44-68(64-30-18-16-28-60(62)64)74(66-32-20-24-54-22-12-14-26-58(54)66)56-39-35-52(36-40-56)46-50-78-70(76)80-72(5,6)48-10-8-2/h11-39,41-44,56H,7-10,40,45-50H2,1-6H3. The van der Waals surface area contributed by atoms with Crippen LogP contribution in [0, 0.1) is 0 Å². The van der Waals surface area contributed by atoms with Crippen molar-refractivity contribution in [2.75, 3.05) is 23.0 Å². The van der Waals surface area contributed by atoms with Gasteiger partial charge in [-0.1, -0.05) is 191 Å². The molecule has 0 heterocycles. The van der Waals surface area contributed by atoms with E-state index in [0.717, 1.165) is 128 Å². The van der Waals surface area contributed by atoms with Gasteiger partial charge in [0.15, 0.2) is 0 Å². The van der Waals surface area contributed by atoms with Crippen molar-refractivity contribution in [2.24, 2.45) is 0 Å². The third-order valence-electron chi connectivity index (χ3n) is 15.5. The highest BCUT2D eigenvalue weighted by molar-refractivity contribution is 6.14. The Balaban J connectivity index is 0.982. The molecule has 0 fully saturated rings. The minimum absolute atomic E-state index is 0.00293. The highest BCUT2D eigenvalue weighted by atomic mass is 16.7. The molecule has 9 aromatic carbocycles. The minimum Gasteiger partial charge on any atom is -0.434 e. The first-order chi connectivity index (χ1) is 38.9. The van der Waals surface area contributed by atoms with E-state index in [1.165, 1.54) is 10.8 Å². The molecule has 0 amide bonds. The Labute approximate surface area is 472 Å². The second-order valence-electron chi connectivity index (χ2n) is 22.3. The van der Waals surface area contributed by atoms with Crippen molar-refractivity contribution < 1.29 is 28.5 Å². The Hall–Kier alpha value is -8.36. The van der Waals surface area contributed by atoms with Crippen molar-refractivity contribution in [2.45, 2.75) is 117 Å². The van der Waals surface area contributed by atoms with Gasteiger partial charge in [0, 0.05) is 51.4 Å². The summed E-state index contributed by atoms with van der Waals surface area (Å²) in [5.74, 6) is 0. The summed E-state index contributed by atoms with van der Waals surface area (Å²) in [4.78, 5) is 30.2. The number of allylic oxidation sites excluding steroid dienone is 1. The molecule has 1 unspecified atom stereocenters. The summed E-state index contributed by atoms with van der Waals surface area (Å²) in [6.07, 6.45) is 13.1. The van der Waals surface area contributed by atoms with E-state index < -0.39 is 23.5 Å². The molecule has 10 rings (SSSR count). The summed E-state index contributed by atoms with van der Waals surface area (Å²) >= 11 is 0. The summed E-state index contributed by atoms with van der Waals surface area (Å²) in [5, 5.41) is 9.23. The van der Waals surface area contributed by atoms with Gasteiger partial charge in [-0.15, -0.1) is 0 Å². The van der Waals surface area contributed by atoms with E-state index in [2.05, 4.69) is 224 Å². The zero-order valence-corrected chi connectivity index (χ0v) is 47.3. The lowest BCUT2D eigenvalue weighted by molar-refractivity contribution is -0.0219. The molecule has 8 heteroatoms. The minimum atomic E-state index is -0.626. The molecule has 0 bridgehead atoms. The lowest BCUT2D eigenvalue weighted by Gasteiger charge is -2.35. The van der Waals surface area contributed by atoms with Gasteiger partial charge in [0.1, 0.15) is 11.2 Å². The van der Waals surface area contributed by atoms with Crippen LogP contribution in [0.3, 0.4) is 0 Å². The van der Waals surface area contributed by atoms with Gasteiger partial charge in [0.25, 0.3) is 0 Å². The predicted molar refractivity (Wildman–Crippen MR) is 331 cm³/mol. The Morgan fingerprint density at radius 2 is 0.938 bits per heavy atom. The molecule has 1 aliphatic rings. The van der Waals surface area contributed by atoms with Gasteiger partial charge in [-0.2, -0.15) is 0 Å². The number of fused-ring (bicyclic) bond motifs is 4. The highest BCUT2D eigenvalue weighted by Gasteiger charge is 2.28. The second kappa shape index (κ2) is 24.8. The number of ether oxygens (including phenoxy) is 4. The first-order valence-electron chi connectivity index (χ1n) is 28.7. The SMILES string of the molecule is CCCCC(C)(C)OC(=O)OCCC1=CCC(N(c2cccc3ccccc23)c2ccc(-c3ccc(N(c4ccc(CCOC(=O)OC(C)(C)CCCC)cc4)c4cccc5ccccc45)c4ccccc34)c3ccccc23)C=C1. The van der Waals surface area contributed by atoms with Gasteiger partial charge >= 0.3 is 12.3 Å². The second-order valence-corrected chi connectivity index (χ2v) is 22.3.